The zero-order valence-electron chi connectivity index (χ0n) is 9.87. The summed E-state index contributed by atoms with van der Waals surface area (Å²) in [6.45, 7) is 3.86. The lowest BCUT2D eigenvalue weighted by Gasteiger charge is -2.26. The topological polar surface area (TPSA) is 80.0 Å². The Hall–Kier alpha value is -1.78. The van der Waals surface area contributed by atoms with Gasteiger partial charge in [0.05, 0.1) is 0 Å². The van der Waals surface area contributed by atoms with Gasteiger partial charge in [0.1, 0.15) is 5.82 Å². The summed E-state index contributed by atoms with van der Waals surface area (Å²) in [5.74, 6) is 0.459. The fourth-order valence-electron chi connectivity index (χ4n) is 1.52. The zero-order chi connectivity index (χ0) is 12.2. The van der Waals surface area contributed by atoms with Gasteiger partial charge in [0, 0.05) is 37.0 Å². The number of anilines is 2. The Kier molecular flexibility index (Phi) is 3.71. The summed E-state index contributed by atoms with van der Waals surface area (Å²) < 4.78 is 0. The van der Waals surface area contributed by atoms with Crippen LogP contribution in [0.1, 0.15) is 20.3 Å². The highest BCUT2D eigenvalue weighted by atomic mass is 16.1. The van der Waals surface area contributed by atoms with E-state index in [1.54, 1.807) is 13.2 Å². The van der Waals surface area contributed by atoms with E-state index in [1.165, 1.54) is 0 Å². The second-order valence-electron chi connectivity index (χ2n) is 4.33. The first-order valence-electron chi connectivity index (χ1n) is 5.13. The number of hydrogen-bond acceptors (Lipinski definition) is 4. The molecule has 0 radical (unpaired) electrons. The molecule has 0 aromatic carbocycles. The molecule has 0 unspecified atom stereocenters. The first-order valence-corrected chi connectivity index (χ1v) is 5.13. The van der Waals surface area contributed by atoms with Crippen molar-refractivity contribution in [2.24, 2.45) is 5.73 Å². The summed E-state index contributed by atoms with van der Waals surface area (Å²) in [4.78, 5) is 15.0. The van der Waals surface area contributed by atoms with Gasteiger partial charge >= 0.3 is 0 Å². The van der Waals surface area contributed by atoms with E-state index in [-0.39, 0.29) is 17.9 Å². The molecule has 0 fully saturated rings. The van der Waals surface area contributed by atoms with Crippen LogP contribution >= 0.6 is 0 Å². The van der Waals surface area contributed by atoms with Crippen LogP contribution in [-0.2, 0) is 4.79 Å². The van der Waals surface area contributed by atoms with Gasteiger partial charge in [-0.2, -0.15) is 0 Å². The smallest absolute Gasteiger partial charge is 0.219 e. The molecule has 0 saturated heterocycles. The van der Waals surface area contributed by atoms with Gasteiger partial charge in [-0.15, -0.1) is 0 Å². The summed E-state index contributed by atoms with van der Waals surface area (Å²) in [6.07, 6.45) is 1.98. The van der Waals surface area contributed by atoms with E-state index in [4.69, 9.17) is 5.73 Å². The predicted molar refractivity (Wildman–Crippen MR) is 65.3 cm³/mol. The maximum atomic E-state index is 10.9. The molecule has 16 heavy (non-hydrogen) atoms. The molecule has 1 rings (SSSR count). The van der Waals surface area contributed by atoms with Crippen LogP contribution in [0.2, 0.25) is 0 Å². The van der Waals surface area contributed by atoms with E-state index in [1.807, 2.05) is 26.0 Å². The lowest BCUT2D eigenvalue weighted by Crippen LogP contribution is -2.35. The van der Waals surface area contributed by atoms with Crippen molar-refractivity contribution in [3.05, 3.63) is 18.3 Å². The number of nitrogens with two attached hydrogens (primary N) is 1. The highest BCUT2D eigenvalue weighted by Crippen LogP contribution is 2.19. The molecule has 0 spiro atoms. The molecule has 0 aliphatic heterocycles. The van der Waals surface area contributed by atoms with E-state index in [9.17, 15) is 4.79 Å². The largest absolute Gasteiger partial charge is 0.379 e. The summed E-state index contributed by atoms with van der Waals surface area (Å²) in [7, 11) is 1.81. The molecular weight excluding hydrogens is 204 g/mol. The first kappa shape index (κ1) is 12.3. The minimum atomic E-state index is -0.363. The number of nitrogens with zero attached hydrogens (tertiary/aromatic N) is 1. The van der Waals surface area contributed by atoms with Crippen LogP contribution in [0.5, 0.6) is 0 Å². The Labute approximate surface area is 95.4 Å². The molecule has 1 aromatic heterocycles. The van der Waals surface area contributed by atoms with Crippen LogP contribution in [-0.4, -0.2) is 23.5 Å². The average molecular weight is 222 g/mol. The molecule has 88 valence electrons. The molecule has 0 aliphatic carbocycles. The Morgan fingerprint density at radius 2 is 2.25 bits per heavy atom. The van der Waals surface area contributed by atoms with Gasteiger partial charge in [0.2, 0.25) is 5.91 Å². The Balaban J connectivity index is 2.75. The monoisotopic (exact) mass is 222 g/mol. The number of nitrogens with one attached hydrogen (secondary N) is 2. The molecule has 1 aromatic rings. The van der Waals surface area contributed by atoms with Crippen molar-refractivity contribution in [1.29, 1.82) is 0 Å². The van der Waals surface area contributed by atoms with Crippen molar-refractivity contribution in [2.75, 3.05) is 17.7 Å². The number of primary amides is 1. The third-order valence-electron chi connectivity index (χ3n) is 2.11. The number of aromatic nitrogens is 1. The van der Waals surface area contributed by atoms with E-state index >= 15 is 0 Å². The minimum Gasteiger partial charge on any atom is -0.379 e. The normalized spacial score (nSPS) is 10.9. The number of carbonyl (C=O) groups is 1. The maximum absolute atomic E-state index is 10.9. The van der Waals surface area contributed by atoms with Gasteiger partial charge in [-0.25, -0.2) is 4.98 Å². The van der Waals surface area contributed by atoms with Crippen molar-refractivity contribution in [2.45, 2.75) is 25.8 Å². The van der Waals surface area contributed by atoms with Gasteiger partial charge in [0.15, 0.2) is 0 Å². The van der Waals surface area contributed by atoms with Crippen molar-refractivity contribution < 1.29 is 4.79 Å². The second-order valence-corrected chi connectivity index (χ2v) is 4.33. The number of rotatable bonds is 5. The van der Waals surface area contributed by atoms with E-state index in [0.29, 0.717) is 0 Å². The molecule has 0 saturated carbocycles. The third kappa shape index (κ3) is 3.76. The van der Waals surface area contributed by atoms with Crippen molar-refractivity contribution in [3.8, 4) is 0 Å². The van der Waals surface area contributed by atoms with Crippen molar-refractivity contribution in [3.63, 3.8) is 0 Å². The van der Waals surface area contributed by atoms with Crippen molar-refractivity contribution in [1.82, 2.24) is 4.98 Å². The van der Waals surface area contributed by atoms with Crippen LogP contribution < -0.4 is 16.4 Å². The SMILES string of the molecule is CNc1cc(NC(C)(C)CC(N)=O)ccn1. The predicted octanol–water partition coefficient (Wildman–Crippen LogP) is 1.19. The van der Waals surface area contributed by atoms with Gasteiger partial charge in [-0.3, -0.25) is 4.79 Å². The maximum Gasteiger partial charge on any atom is 0.219 e. The summed E-state index contributed by atoms with van der Waals surface area (Å²) >= 11 is 0. The zero-order valence-corrected chi connectivity index (χ0v) is 9.87. The molecular formula is C11H18N4O. The molecule has 5 heteroatoms. The summed E-state index contributed by atoms with van der Waals surface area (Å²) in [5.41, 5.74) is 5.73. The molecule has 0 aliphatic rings. The van der Waals surface area contributed by atoms with Crippen LogP contribution in [0.15, 0.2) is 18.3 Å². The second kappa shape index (κ2) is 4.83. The Bertz CT molecular complexity index is 376. The standard InChI is InChI=1S/C11H18N4O/c1-11(2,7-9(12)16)15-8-4-5-14-10(6-8)13-3/h4-6H,7H2,1-3H3,(H2,12,16)(H2,13,14,15). The Morgan fingerprint density at radius 3 is 2.81 bits per heavy atom. The minimum absolute atomic E-state index is 0.282. The summed E-state index contributed by atoms with van der Waals surface area (Å²) in [6, 6.07) is 3.73. The third-order valence-corrected chi connectivity index (χ3v) is 2.11. The van der Waals surface area contributed by atoms with Gasteiger partial charge in [0.25, 0.3) is 0 Å². The lowest BCUT2D eigenvalue weighted by atomic mass is 10.00. The molecule has 1 heterocycles. The number of carbonyl (C=O) groups excluding carboxylic acids is 1. The molecule has 0 atom stereocenters. The number of hydrogen-bond donors (Lipinski definition) is 3. The molecule has 0 bridgehead atoms. The lowest BCUT2D eigenvalue weighted by molar-refractivity contribution is -0.118. The van der Waals surface area contributed by atoms with Gasteiger partial charge < -0.3 is 16.4 Å². The van der Waals surface area contributed by atoms with Crippen LogP contribution in [0.4, 0.5) is 11.5 Å². The highest BCUT2D eigenvalue weighted by Gasteiger charge is 2.20. The first-order chi connectivity index (χ1) is 7.43. The molecule has 5 nitrogen and oxygen atoms in total. The number of amides is 1. The van der Waals surface area contributed by atoms with Gasteiger partial charge in [-0.05, 0) is 19.9 Å². The molecule has 1 amide bonds. The van der Waals surface area contributed by atoms with Crippen LogP contribution in [0.25, 0.3) is 0 Å². The van der Waals surface area contributed by atoms with Crippen molar-refractivity contribution >= 4 is 17.4 Å². The fraction of sp³-hybridized carbons (Fsp3) is 0.455. The highest BCUT2D eigenvalue weighted by molar-refractivity contribution is 5.75. The van der Waals surface area contributed by atoms with E-state index in [0.717, 1.165) is 11.5 Å². The molecule has 4 N–H and O–H groups in total. The van der Waals surface area contributed by atoms with Crippen LogP contribution in [0, 0.1) is 0 Å². The van der Waals surface area contributed by atoms with Gasteiger partial charge in [-0.1, -0.05) is 0 Å². The Morgan fingerprint density at radius 1 is 1.56 bits per heavy atom. The average Bonchev–Trinajstić information content (AvgIpc) is 2.15. The fourth-order valence-corrected chi connectivity index (χ4v) is 1.52. The summed E-state index contributed by atoms with van der Waals surface area (Å²) in [5, 5.41) is 6.19. The quantitative estimate of drug-likeness (QED) is 0.699. The van der Waals surface area contributed by atoms with E-state index < -0.39 is 0 Å². The van der Waals surface area contributed by atoms with E-state index in [2.05, 4.69) is 15.6 Å². The van der Waals surface area contributed by atoms with Crippen LogP contribution in [0.3, 0.4) is 0 Å². The number of pyridine rings is 1.